The Bertz CT molecular complexity index is 1660. The molecule has 0 amide bonds. The predicted molar refractivity (Wildman–Crippen MR) is 211 cm³/mol. The number of hydrogen-bond acceptors (Lipinski definition) is 12. The molecule has 12 nitrogen and oxygen atoms in total. The standard InChI is InChI=1S/2C22H32N2O4/c2*23-13-28-17-5-4-15-10-18-22(27)7-6-16(25)11-21(22,19(15)20(17)26)8-9-24(18)12-14-2-1-3-14/h2*4-5,14,16,18,25-27H,1-3,6-13,23H2/t16-,18+,21+,22+;16-,18-,21-,22-/m01/s1. The van der Waals surface area contributed by atoms with E-state index in [4.69, 9.17) is 20.9 Å². The number of rotatable bonds is 8. The monoisotopic (exact) mass is 776 g/mol. The number of nitrogens with zero attached hydrogens (tertiary/aromatic N) is 2. The summed E-state index contributed by atoms with van der Waals surface area (Å²) in [7, 11) is 0. The molecular formula is C44H64N4O8. The molecule has 308 valence electrons. The molecule has 2 heterocycles. The number of likely N-dealkylation sites (tertiary alicyclic amines) is 2. The van der Waals surface area contributed by atoms with E-state index in [0.29, 0.717) is 50.0 Å². The molecule has 8 aliphatic rings. The molecule has 2 aromatic rings. The number of hydrogen-bond donors (Lipinski definition) is 8. The number of phenols is 2. The number of phenolic OH excluding ortho intramolecular Hbond substituents is 2. The van der Waals surface area contributed by atoms with Gasteiger partial charge in [0, 0.05) is 47.1 Å². The molecule has 10 N–H and O–H groups in total. The fourth-order valence-electron chi connectivity index (χ4n) is 13.2. The fourth-order valence-corrected chi connectivity index (χ4v) is 13.2. The first kappa shape index (κ1) is 38.8. The van der Waals surface area contributed by atoms with Crippen LogP contribution in [0.4, 0.5) is 0 Å². The van der Waals surface area contributed by atoms with Crippen LogP contribution in [0.1, 0.15) is 112 Å². The number of aromatic hydroxyl groups is 2. The summed E-state index contributed by atoms with van der Waals surface area (Å²) in [4.78, 5) is 5.01. The van der Waals surface area contributed by atoms with Crippen molar-refractivity contribution in [1.29, 1.82) is 0 Å². The second-order valence-corrected chi connectivity index (χ2v) is 18.8. The second-order valence-electron chi connectivity index (χ2n) is 18.8. The smallest absolute Gasteiger partial charge is 0.163 e. The van der Waals surface area contributed by atoms with Crippen molar-refractivity contribution in [2.75, 3.05) is 39.6 Å². The van der Waals surface area contributed by atoms with Crippen LogP contribution < -0.4 is 20.9 Å². The van der Waals surface area contributed by atoms with Gasteiger partial charge in [-0.1, -0.05) is 25.0 Å². The third-order valence-electron chi connectivity index (χ3n) is 16.3. The maximum Gasteiger partial charge on any atom is 0.163 e. The zero-order chi connectivity index (χ0) is 39.0. The Kier molecular flexibility index (Phi) is 10.1. The zero-order valence-corrected chi connectivity index (χ0v) is 32.9. The predicted octanol–water partition coefficient (Wildman–Crippen LogP) is 3.26. The maximum atomic E-state index is 12.1. The highest BCUT2D eigenvalue weighted by Crippen LogP contribution is 2.63. The van der Waals surface area contributed by atoms with Crippen LogP contribution in [-0.2, 0) is 23.7 Å². The minimum atomic E-state index is -0.931. The topological polar surface area (TPSA) is 198 Å². The van der Waals surface area contributed by atoms with Gasteiger partial charge in [-0.3, -0.25) is 21.3 Å². The number of ether oxygens (including phenoxy) is 2. The highest BCUT2D eigenvalue weighted by atomic mass is 16.5. The van der Waals surface area contributed by atoms with Gasteiger partial charge in [0.15, 0.2) is 23.0 Å². The van der Waals surface area contributed by atoms with Gasteiger partial charge in [0.2, 0.25) is 0 Å². The van der Waals surface area contributed by atoms with Crippen molar-refractivity contribution in [3.8, 4) is 23.0 Å². The first-order valence-corrected chi connectivity index (χ1v) is 21.6. The Hall–Kier alpha value is -2.68. The number of fused-ring (bicyclic) bond motifs is 2. The molecule has 6 aliphatic carbocycles. The van der Waals surface area contributed by atoms with Gasteiger partial charge in [-0.2, -0.15) is 0 Å². The molecule has 2 aromatic carbocycles. The molecule has 10 rings (SSSR count). The van der Waals surface area contributed by atoms with Gasteiger partial charge in [0.1, 0.15) is 13.5 Å². The molecule has 0 unspecified atom stereocenters. The molecule has 0 radical (unpaired) electrons. The van der Waals surface area contributed by atoms with Crippen molar-refractivity contribution >= 4 is 0 Å². The molecule has 0 aromatic heterocycles. The lowest BCUT2D eigenvalue weighted by Crippen LogP contribution is -2.73. The van der Waals surface area contributed by atoms with Crippen LogP contribution in [0.15, 0.2) is 24.3 Å². The van der Waals surface area contributed by atoms with Crippen LogP contribution in [-0.4, -0.2) is 116 Å². The Morgan fingerprint density at radius 2 is 1.02 bits per heavy atom. The number of aliphatic hydroxyl groups excluding tert-OH is 2. The lowest BCUT2D eigenvalue weighted by atomic mass is 9.49. The number of aliphatic hydroxyl groups is 4. The van der Waals surface area contributed by atoms with E-state index in [1.165, 1.54) is 38.5 Å². The molecule has 4 saturated carbocycles. The molecule has 2 aliphatic heterocycles. The number of benzene rings is 2. The van der Waals surface area contributed by atoms with E-state index in [-0.39, 0.29) is 37.0 Å². The van der Waals surface area contributed by atoms with E-state index in [2.05, 4.69) is 9.80 Å². The summed E-state index contributed by atoms with van der Waals surface area (Å²) in [6.45, 7) is 3.89. The average Bonchev–Trinajstić information content (AvgIpc) is 3.12. The highest BCUT2D eigenvalue weighted by Gasteiger charge is 2.67. The summed E-state index contributed by atoms with van der Waals surface area (Å²) in [5, 5.41) is 67.5. The fraction of sp³-hybridized carbons (Fsp3) is 0.727. The van der Waals surface area contributed by atoms with Crippen molar-refractivity contribution in [2.24, 2.45) is 23.3 Å². The third kappa shape index (κ3) is 5.83. The summed E-state index contributed by atoms with van der Waals surface area (Å²) in [5.41, 5.74) is 11.7. The van der Waals surface area contributed by atoms with Crippen LogP contribution in [0.5, 0.6) is 23.0 Å². The summed E-state index contributed by atoms with van der Waals surface area (Å²) < 4.78 is 10.9. The summed E-state index contributed by atoms with van der Waals surface area (Å²) in [6, 6.07) is 7.69. The Morgan fingerprint density at radius 3 is 1.38 bits per heavy atom. The van der Waals surface area contributed by atoms with Gasteiger partial charge in [0.25, 0.3) is 0 Å². The van der Waals surface area contributed by atoms with E-state index in [9.17, 15) is 30.6 Å². The molecule has 12 heteroatoms. The molecule has 56 heavy (non-hydrogen) atoms. The summed E-state index contributed by atoms with van der Waals surface area (Å²) >= 11 is 0. The van der Waals surface area contributed by atoms with Crippen molar-refractivity contribution in [3.63, 3.8) is 0 Å². The maximum absolute atomic E-state index is 12.1. The van der Waals surface area contributed by atoms with Crippen molar-refractivity contribution in [2.45, 2.75) is 149 Å². The van der Waals surface area contributed by atoms with Crippen molar-refractivity contribution in [3.05, 3.63) is 46.5 Å². The molecule has 4 bridgehead atoms. The van der Waals surface area contributed by atoms with Crippen LogP contribution in [0.3, 0.4) is 0 Å². The van der Waals surface area contributed by atoms with E-state index in [0.717, 1.165) is 86.0 Å². The molecular weight excluding hydrogens is 713 g/mol. The molecule has 8 atom stereocenters. The first-order valence-electron chi connectivity index (χ1n) is 21.6. The van der Waals surface area contributed by atoms with Crippen molar-refractivity contribution in [1.82, 2.24) is 9.80 Å². The Balaban J connectivity index is 0.000000146. The second kappa shape index (κ2) is 14.5. The van der Waals surface area contributed by atoms with Gasteiger partial charge in [-0.05, 0) is 138 Å². The highest BCUT2D eigenvalue weighted by molar-refractivity contribution is 5.59. The average molecular weight is 777 g/mol. The van der Waals surface area contributed by atoms with Gasteiger partial charge >= 0.3 is 0 Å². The lowest BCUT2D eigenvalue weighted by molar-refractivity contribution is -0.185. The summed E-state index contributed by atoms with van der Waals surface area (Å²) in [5.74, 6) is 2.44. The molecule has 0 spiro atoms. The van der Waals surface area contributed by atoms with Crippen LogP contribution in [0.25, 0.3) is 0 Å². The van der Waals surface area contributed by atoms with Crippen LogP contribution >= 0.6 is 0 Å². The van der Waals surface area contributed by atoms with Gasteiger partial charge in [-0.15, -0.1) is 0 Å². The van der Waals surface area contributed by atoms with Crippen LogP contribution in [0.2, 0.25) is 0 Å². The lowest BCUT2D eigenvalue weighted by Gasteiger charge is -2.64. The summed E-state index contributed by atoms with van der Waals surface area (Å²) in [6.07, 6.45) is 13.2. The Labute approximate surface area is 330 Å². The number of piperidine rings is 2. The normalized spacial score (nSPS) is 37.7. The first-order chi connectivity index (χ1) is 27.0. The van der Waals surface area contributed by atoms with E-state index >= 15 is 0 Å². The quantitative estimate of drug-likeness (QED) is 0.183. The SMILES string of the molecule is NCOc1ccc2c(c1O)[C@]13CCN(CC4CCC4)[C@H](C2)[C@]1(O)CC[C@@H](O)C3.NCOc1ccc2c(c1O)[C@]13CCN(CC4CCC4)[C@H](C2)[C@]1(O)CC[C@H](O)C3. The van der Waals surface area contributed by atoms with Gasteiger partial charge in [0.05, 0.1) is 23.4 Å². The van der Waals surface area contributed by atoms with E-state index < -0.39 is 34.2 Å². The largest absolute Gasteiger partial charge is 0.504 e. The molecule has 6 fully saturated rings. The van der Waals surface area contributed by atoms with Crippen LogP contribution in [0, 0.1) is 11.8 Å². The molecule has 2 saturated heterocycles. The third-order valence-corrected chi connectivity index (χ3v) is 16.3. The van der Waals surface area contributed by atoms with E-state index in [1.807, 2.05) is 12.1 Å². The number of nitrogens with two attached hydrogens (primary N) is 2. The Morgan fingerprint density at radius 1 is 0.607 bits per heavy atom. The minimum Gasteiger partial charge on any atom is -0.504 e. The minimum absolute atomic E-state index is 0.00989. The van der Waals surface area contributed by atoms with E-state index in [1.54, 1.807) is 12.1 Å². The van der Waals surface area contributed by atoms with Gasteiger partial charge < -0.3 is 40.1 Å². The van der Waals surface area contributed by atoms with Crippen molar-refractivity contribution < 1.29 is 40.1 Å². The van der Waals surface area contributed by atoms with Gasteiger partial charge in [-0.25, -0.2) is 0 Å². The zero-order valence-electron chi connectivity index (χ0n) is 32.9.